The van der Waals surface area contributed by atoms with Gasteiger partial charge in [0.1, 0.15) is 18.2 Å². The fraction of sp³-hybridized carbons (Fsp3) is 0.118. The van der Waals surface area contributed by atoms with Gasteiger partial charge in [-0.2, -0.15) is 0 Å². The van der Waals surface area contributed by atoms with E-state index >= 15 is 0 Å². The highest BCUT2D eigenvalue weighted by atomic mass is 32.2. The van der Waals surface area contributed by atoms with Crippen LogP contribution in [0.25, 0.3) is 16.8 Å². The predicted molar refractivity (Wildman–Crippen MR) is 87.1 cm³/mol. The minimum Gasteiger partial charge on any atom is -0.484 e. The second kappa shape index (κ2) is 4.96. The summed E-state index contributed by atoms with van der Waals surface area (Å²) in [7, 11) is -1.49. The van der Waals surface area contributed by atoms with E-state index < -0.39 is 9.84 Å². The lowest BCUT2D eigenvalue weighted by Crippen LogP contribution is -2.00. The Morgan fingerprint density at radius 1 is 1.09 bits per heavy atom. The molecule has 0 radical (unpaired) electrons. The Morgan fingerprint density at radius 2 is 1.83 bits per heavy atom. The summed E-state index contributed by atoms with van der Waals surface area (Å²) < 4.78 is 31.9. The molecule has 23 heavy (non-hydrogen) atoms. The maximum Gasteiger partial charge on any atom is 0.204 e. The summed E-state index contributed by atoms with van der Waals surface area (Å²) in [5, 5.41) is 1.18. The molecule has 0 aliphatic carbocycles. The van der Waals surface area contributed by atoms with Gasteiger partial charge in [-0.3, -0.25) is 0 Å². The van der Waals surface area contributed by atoms with Crippen LogP contribution in [0.1, 0.15) is 11.4 Å². The molecule has 5 nitrogen and oxygen atoms in total. The van der Waals surface area contributed by atoms with Crippen molar-refractivity contribution < 1.29 is 13.2 Å². The number of aryl methyl sites for hydroxylation is 1. The molecule has 0 spiro atoms. The van der Waals surface area contributed by atoms with Gasteiger partial charge in [0.25, 0.3) is 0 Å². The number of hydrogen-bond acceptors (Lipinski definition) is 4. The smallest absolute Gasteiger partial charge is 0.204 e. The number of benzene rings is 2. The molecular formula is C17H14N2O3S. The van der Waals surface area contributed by atoms with Crippen LogP contribution in [0.15, 0.2) is 58.8 Å². The van der Waals surface area contributed by atoms with E-state index in [1.54, 1.807) is 24.3 Å². The molecule has 0 bridgehead atoms. The molecule has 3 aromatic rings. The molecule has 0 N–H and O–H groups in total. The van der Waals surface area contributed by atoms with Crippen molar-refractivity contribution in [3.05, 3.63) is 65.3 Å². The lowest BCUT2D eigenvalue weighted by molar-refractivity contribution is 0.252. The summed E-state index contributed by atoms with van der Waals surface area (Å²) in [5.74, 6) is 1.11. The van der Waals surface area contributed by atoms with Crippen LogP contribution in [0.2, 0.25) is 0 Å². The first kappa shape index (κ1) is 14.0. The van der Waals surface area contributed by atoms with Crippen LogP contribution < -0.4 is 0 Å². The number of imidazole rings is 1. The van der Waals surface area contributed by atoms with Gasteiger partial charge in [0.05, 0.1) is 21.3 Å². The highest BCUT2D eigenvalue weighted by molar-refractivity contribution is 7.94. The molecule has 1 aliphatic rings. The van der Waals surface area contributed by atoms with Crippen LogP contribution in [0.3, 0.4) is 0 Å². The van der Waals surface area contributed by atoms with Crippen LogP contribution in [-0.2, 0) is 28.2 Å². The van der Waals surface area contributed by atoms with E-state index in [4.69, 9.17) is 4.74 Å². The van der Waals surface area contributed by atoms with Crippen molar-refractivity contribution in [1.82, 2.24) is 9.55 Å². The molecule has 1 aliphatic heterocycles. The number of rotatable bonds is 3. The Hall–Kier alpha value is -2.60. The van der Waals surface area contributed by atoms with Crippen molar-refractivity contribution in [2.45, 2.75) is 11.5 Å². The van der Waals surface area contributed by atoms with E-state index in [1.165, 1.54) is 5.41 Å². The van der Waals surface area contributed by atoms with Gasteiger partial charge in [-0.05, 0) is 24.3 Å². The average Bonchev–Trinajstić information content (AvgIpc) is 3.01. The van der Waals surface area contributed by atoms with Gasteiger partial charge in [0.15, 0.2) is 0 Å². The topological polar surface area (TPSA) is 61.2 Å². The fourth-order valence-electron chi connectivity index (χ4n) is 2.76. The van der Waals surface area contributed by atoms with Gasteiger partial charge in [-0.1, -0.05) is 24.3 Å². The SMILES string of the molecule is Cn1c(COC2=CS(=O)(=O)c3ccccc32)nc2ccccc21. The Morgan fingerprint density at radius 3 is 2.65 bits per heavy atom. The van der Waals surface area contributed by atoms with E-state index in [1.807, 2.05) is 35.9 Å². The van der Waals surface area contributed by atoms with E-state index in [0.717, 1.165) is 16.9 Å². The summed E-state index contributed by atoms with van der Waals surface area (Å²) in [6.45, 7) is 0.209. The zero-order chi connectivity index (χ0) is 16.0. The summed E-state index contributed by atoms with van der Waals surface area (Å²) in [6.07, 6.45) is 0. The Kier molecular flexibility index (Phi) is 3.02. The number of sulfone groups is 1. The molecule has 2 heterocycles. The first-order chi connectivity index (χ1) is 11.1. The maximum atomic E-state index is 12.1. The van der Waals surface area contributed by atoms with Gasteiger partial charge < -0.3 is 9.30 Å². The predicted octanol–water partition coefficient (Wildman–Crippen LogP) is 2.88. The van der Waals surface area contributed by atoms with Crippen molar-refractivity contribution in [3.63, 3.8) is 0 Å². The molecule has 0 atom stereocenters. The lowest BCUT2D eigenvalue weighted by Gasteiger charge is -2.08. The number of aromatic nitrogens is 2. The molecule has 0 amide bonds. The quantitative estimate of drug-likeness (QED) is 0.742. The van der Waals surface area contributed by atoms with Gasteiger partial charge in [-0.15, -0.1) is 0 Å². The van der Waals surface area contributed by atoms with E-state index in [9.17, 15) is 8.42 Å². The van der Waals surface area contributed by atoms with E-state index in [2.05, 4.69) is 4.98 Å². The number of para-hydroxylation sites is 2. The first-order valence-corrected chi connectivity index (χ1v) is 8.70. The van der Waals surface area contributed by atoms with Crippen molar-refractivity contribution >= 4 is 26.6 Å². The van der Waals surface area contributed by atoms with E-state index in [0.29, 0.717) is 16.2 Å². The third-order valence-electron chi connectivity index (χ3n) is 3.96. The zero-order valence-corrected chi connectivity index (χ0v) is 13.2. The van der Waals surface area contributed by atoms with Crippen LogP contribution in [0.4, 0.5) is 0 Å². The van der Waals surface area contributed by atoms with Gasteiger partial charge in [0, 0.05) is 12.6 Å². The van der Waals surface area contributed by atoms with E-state index in [-0.39, 0.29) is 6.61 Å². The summed E-state index contributed by atoms with van der Waals surface area (Å²) in [6, 6.07) is 14.7. The second-order valence-electron chi connectivity index (χ2n) is 5.39. The number of hydrogen-bond donors (Lipinski definition) is 0. The second-order valence-corrected chi connectivity index (χ2v) is 7.15. The van der Waals surface area contributed by atoms with Crippen LogP contribution in [0.5, 0.6) is 0 Å². The number of ether oxygens (including phenoxy) is 1. The van der Waals surface area contributed by atoms with Crippen molar-refractivity contribution in [3.8, 4) is 0 Å². The zero-order valence-electron chi connectivity index (χ0n) is 12.4. The molecule has 0 unspecified atom stereocenters. The third-order valence-corrected chi connectivity index (χ3v) is 5.45. The molecule has 0 fully saturated rings. The monoisotopic (exact) mass is 326 g/mol. The van der Waals surface area contributed by atoms with Gasteiger partial charge in [-0.25, -0.2) is 13.4 Å². The molecule has 1 aromatic heterocycles. The van der Waals surface area contributed by atoms with Crippen molar-refractivity contribution in [2.24, 2.45) is 7.05 Å². The van der Waals surface area contributed by atoms with Crippen molar-refractivity contribution in [2.75, 3.05) is 0 Å². The normalized spacial score (nSPS) is 15.4. The minimum atomic E-state index is -3.41. The largest absolute Gasteiger partial charge is 0.484 e. The standard InChI is InChI=1S/C17H14N2O3S/c1-19-14-8-4-3-7-13(14)18-17(19)10-22-15-11-23(20,21)16-9-5-2-6-12(15)16/h2-9,11H,10H2,1H3. The highest BCUT2D eigenvalue weighted by Gasteiger charge is 2.27. The summed E-state index contributed by atoms with van der Waals surface area (Å²) >= 11 is 0. The van der Waals surface area contributed by atoms with Gasteiger partial charge >= 0.3 is 0 Å². The third kappa shape index (κ3) is 2.22. The average molecular weight is 326 g/mol. The number of fused-ring (bicyclic) bond motifs is 2. The molecule has 2 aromatic carbocycles. The van der Waals surface area contributed by atoms with Crippen LogP contribution in [-0.4, -0.2) is 18.0 Å². The summed E-state index contributed by atoms with van der Waals surface area (Å²) in [4.78, 5) is 4.82. The molecule has 116 valence electrons. The van der Waals surface area contributed by atoms with Crippen LogP contribution >= 0.6 is 0 Å². The van der Waals surface area contributed by atoms with Crippen LogP contribution in [0, 0.1) is 0 Å². The van der Waals surface area contributed by atoms with Crippen molar-refractivity contribution in [1.29, 1.82) is 0 Å². The Balaban J connectivity index is 1.66. The Labute approximate surface area is 133 Å². The summed E-state index contributed by atoms with van der Waals surface area (Å²) in [5.41, 5.74) is 2.51. The lowest BCUT2D eigenvalue weighted by atomic mass is 10.2. The highest BCUT2D eigenvalue weighted by Crippen LogP contribution is 2.34. The molecule has 0 saturated carbocycles. The molecule has 4 rings (SSSR count). The number of nitrogens with zero attached hydrogens (tertiary/aromatic N) is 2. The van der Waals surface area contributed by atoms with Gasteiger partial charge in [0.2, 0.25) is 9.84 Å². The maximum absolute atomic E-state index is 12.1. The molecular weight excluding hydrogens is 312 g/mol. The molecule has 0 saturated heterocycles. The fourth-order valence-corrected chi connectivity index (χ4v) is 4.11. The Bertz CT molecular complexity index is 1050. The first-order valence-electron chi connectivity index (χ1n) is 7.15. The minimum absolute atomic E-state index is 0.209. The molecule has 6 heteroatoms.